The van der Waals surface area contributed by atoms with Crippen molar-refractivity contribution in [2.24, 2.45) is 0 Å². The van der Waals surface area contributed by atoms with Crippen molar-refractivity contribution in [1.82, 2.24) is 0 Å². The van der Waals surface area contributed by atoms with Crippen molar-refractivity contribution in [2.75, 3.05) is 5.32 Å². The van der Waals surface area contributed by atoms with Crippen LogP contribution in [0.15, 0.2) is 29.6 Å². The fourth-order valence-electron chi connectivity index (χ4n) is 1.42. The number of halogens is 2. The van der Waals surface area contributed by atoms with Crippen LogP contribution in [0, 0.1) is 5.82 Å². The summed E-state index contributed by atoms with van der Waals surface area (Å²) in [4.78, 5) is 22.7. The van der Waals surface area contributed by atoms with Gasteiger partial charge in [0.15, 0.2) is 0 Å². The number of carboxylic acids is 1. The van der Waals surface area contributed by atoms with Crippen LogP contribution >= 0.6 is 22.9 Å². The summed E-state index contributed by atoms with van der Waals surface area (Å²) in [5, 5.41) is 13.1. The molecule has 1 aromatic heterocycles. The minimum Gasteiger partial charge on any atom is -0.478 e. The molecular weight excluding hydrogens is 293 g/mol. The highest BCUT2D eigenvalue weighted by molar-refractivity contribution is 7.14. The van der Waals surface area contributed by atoms with Gasteiger partial charge < -0.3 is 10.4 Å². The van der Waals surface area contributed by atoms with Gasteiger partial charge in [0.1, 0.15) is 10.8 Å². The van der Waals surface area contributed by atoms with Crippen LogP contribution in [0.3, 0.4) is 0 Å². The van der Waals surface area contributed by atoms with Gasteiger partial charge in [-0.1, -0.05) is 11.6 Å². The Balaban J connectivity index is 2.26. The molecule has 0 bridgehead atoms. The molecule has 0 saturated heterocycles. The number of carbonyl (C=O) groups is 2. The number of rotatable bonds is 3. The van der Waals surface area contributed by atoms with E-state index >= 15 is 0 Å². The zero-order valence-electron chi connectivity index (χ0n) is 9.31. The van der Waals surface area contributed by atoms with Crippen molar-refractivity contribution >= 4 is 39.8 Å². The zero-order valence-corrected chi connectivity index (χ0v) is 10.9. The number of hydrogen-bond acceptors (Lipinski definition) is 3. The molecule has 0 radical (unpaired) electrons. The molecule has 0 saturated carbocycles. The van der Waals surface area contributed by atoms with Crippen LogP contribution in [0.1, 0.15) is 20.7 Å². The van der Waals surface area contributed by atoms with Gasteiger partial charge >= 0.3 is 5.97 Å². The van der Waals surface area contributed by atoms with Gasteiger partial charge in [0.25, 0.3) is 5.91 Å². The van der Waals surface area contributed by atoms with Crippen LogP contribution in [0.5, 0.6) is 0 Å². The summed E-state index contributed by atoms with van der Waals surface area (Å²) in [7, 11) is 0. The third-order valence-corrected chi connectivity index (χ3v) is 3.36. The van der Waals surface area contributed by atoms with E-state index < -0.39 is 17.7 Å². The van der Waals surface area contributed by atoms with Crippen LogP contribution in [-0.2, 0) is 0 Å². The molecule has 0 atom stereocenters. The van der Waals surface area contributed by atoms with Crippen molar-refractivity contribution in [3.8, 4) is 0 Å². The van der Waals surface area contributed by atoms with Gasteiger partial charge in [-0.3, -0.25) is 4.79 Å². The fraction of sp³-hybridized carbons (Fsp3) is 0. The lowest BCUT2D eigenvalue weighted by molar-refractivity contribution is 0.0698. The molecule has 2 aromatic rings. The molecular formula is C12H7ClFNO3S. The number of benzene rings is 1. The number of thiophene rings is 1. The second-order valence-corrected chi connectivity index (χ2v) is 4.90. The van der Waals surface area contributed by atoms with Crippen LogP contribution in [-0.4, -0.2) is 17.0 Å². The first-order valence-corrected chi connectivity index (χ1v) is 6.32. The molecule has 1 aromatic carbocycles. The van der Waals surface area contributed by atoms with Gasteiger partial charge in [-0.15, -0.1) is 11.3 Å². The summed E-state index contributed by atoms with van der Waals surface area (Å²) in [6.07, 6.45) is 0. The van der Waals surface area contributed by atoms with Gasteiger partial charge in [0.05, 0.1) is 11.1 Å². The van der Waals surface area contributed by atoms with Crippen LogP contribution in [0.2, 0.25) is 5.02 Å². The van der Waals surface area contributed by atoms with E-state index in [9.17, 15) is 14.0 Å². The highest BCUT2D eigenvalue weighted by Crippen LogP contribution is 2.24. The van der Waals surface area contributed by atoms with Crippen LogP contribution in [0.25, 0.3) is 0 Å². The van der Waals surface area contributed by atoms with Gasteiger partial charge in [-0.05, 0) is 29.6 Å². The third kappa shape index (κ3) is 2.91. The predicted octanol–water partition coefficient (Wildman–Crippen LogP) is 3.49. The Morgan fingerprint density at radius 1 is 1.26 bits per heavy atom. The summed E-state index contributed by atoms with van der Waals surface area (Å²) in [6.45, 7) is 0. The number of anilines is 1. The SMILES string of the molecule is O=C(Nc1sccc1C(=O)O)c1ccc(Cl)cc1F. The molecule has 1 amide bonds. The van der Waals surface area contributed by atoms with E-state index in [-0.39, 0.29) is 21.2 Å². The largest absolute Gasteiger partial charge is 0.478 e. The molecule has 1 heterocycles. The van der Waals surface area contributed by atoms with Crippen LogP contribution < -0.4 is 5.32 Å². The number of nitrogens with one attached hydrogen (secondary N) is 1. The minimum absolute atomic E-state index is 0.0345. The van der Waals surface area contributed by atoms with E-state index in [2.05, 4.69) is 5.32 Å². The lowest BCUT2D eigenvalue weighted by Crippen LogP contribution is -2.14. The van der Waals surface area contributed by atoms with Crippen molar-refractivity contribution in [3.05, 3.63) is 51.6 Å². The topological polar surface area (TPSA) is 66.4 Å². The second-order valence-electron chi connectivity index (χ2n) is 3.55. The number of carbonyl (C=O) groups excluding carboxylic acids is 1. The Morgan fingerprint density at radius 3 is 2.63 bits per heavy atom. The maximum absolute atomic E-state index is 13.5. The second kappa shape index (κ2) is 5.38. The van der Waals surface area contributed by atoms with E-state index in [0.717, 1.165) is 17.4 Å². The monoisotopic (exact) mass is 299 g/mol. The maximum Gasteiger partial charge on any atom is 0.338 e. The van der Waals surface area contributed by atoms with Gasteiger partial charge in [-0.2, -0.15) is 0 Å². The number of aromatic carboxylic acids is 1. The Labute approximate surface area is 116 Å². The first kappa shape index (κ1) is 13.5. The van der Waals surface area contributed by atoms with Crippen molar-refractivity contribution in [2.45, 2.75) is 0 Å². The Morgan fingerprint density at radius 2 is 2.00 bits per heavy atom. The molecule has 0 unspecified atom stereocenters. The summed E-state index contributed by atoms with van der Waals surface area (Å²) in [5.74, 6) is -2.65. The molecule has 2 rings (SSSR count). The van der Waals surface area contributed by atoms with Crippen molar-refractivity contribution in [1.29, 1.82) is 0 Å². The zero-order chi connectivity index (χ0) is 14.0. The quantitative estimate of drug-likeness (QED) is 0.911. The maximum atomic E-state index is 13.5. The Bertz CT molecular complexity index is 656. The minimum atomic E-state index is -1.16. The average Bonchev–Trinajstić information content (AvgIpc) is 2.76. The summed E-state index contributed by atoms with van der Waals surface area (Å²) in [6, 6.07) is 5.00. The molecule has 98 valence electrons. The predicted molar refractivity (Wildman–Crippen MR) is 70.6 cm³/mol. The molecule has 2 N–H and O–H groups in total. The Kier molecular flexibility index (Phi) is 3.82. The van der Waals surface area contributed by atoms with E-state index in [4.69, 9.17) is 16.7 Å². The number of amides is 1. The molecule has 0 aliphatic carbocycles. The van der Waals surface area contributed by atoms with Gasteiger partial charge in [-0.25, -0.2) is 9.18 Å². The number of hydrogen-bond donors (Lipinski definition) is 2. The Hall–Kier alpha value is -1.92. The fourth-order valence-corrected chi connectivity index (χ4v) is 2.35. The van der Waals surface area contributed by atoms with E-state index in [1.807, 2.05) is 0 Å². The average molecular weight is 300 g/mol. The van der Waals surface area contributed by atoms with E-state index in [1.165, 1.54) is 23.6 Å². The lowest BCUT2D eigenvalue weighted by atomic mass is 10.2. The van der Waals surface area contributed by atoms with Crippen molar-refractivity contribution < 1.29 is 19.1 Å². The molecule has 19 heavy (non-hydrogen) atoms. The summed E-state index contributed by atoms with van der Waals surface area (Å²) in [5.41, 5.74) is -0.234. The first-order chi connectivity index (χ1) is 8.99. The molecule has 4 nitrogen and oxygen atoms in total. The summed E-state index contributed by atoms with van der Waals surface area (Å²) >= 11 is 6.63. The van der Waals surface area contributed by atoms with E-state index in [0.29, 0.717) is 0 Å². The smallest absolute Gasteiger partial charge is 0.338 e. The first-order valence-electron chi connectivity index (χ1n) is 5.06. The molecule has 0 fully saturated rings. The van der Waals surface area contributed by atoms with Crippen molar-refractivity contribution in [3.63, 3.8) is 0 Å². The van der Waals surface area contributed by atoms with Crippen LogP contribution in [0.4, 0.5) is 9.39 Å². The van der Waals surface area contributed by atoms with E-state index in [1.54, 1.807) is 0 Å². The van der Waals surface area contributed by atoms with Gasteiger partial charge in [0.2, 0.25) is 0 Å². The molecule has 0 spiro atoms. The van der Waals surface area contributed by atoms with Gasteiger partial charge in [0, 0.05) is 5.02 Å². The summed E-state index contributed by atoms with van der Waals surface area (Å²) < 4.78 is 13.5. The molecule has 7 heteroatoms. The highest BCUT2D eigenvalue weighted by Gasteiger charge is 2.17. The highest BCUT2D eigenvalue weighted by atomic mass is 35.5. The molecule has 0 aliphatic rings. The number of carboxylic acid groups (broad SMARTS) is 1. The lowest BCUT2D eigenvalue weighted by Gasteiger charge is -2.05. The standard InChI is InChI=1S/C12H7ClFNO3S/c13-6-1-2-7(9(14)5-6)10(16)15-11-8(12(17)18)3-4-19-11/h1-5H,(H,15,16)(H,17,18). The normalized spacial score (nSPS) is 10.2. The third-order valence-electron chi connectivity index (χ3n) is 2.30. The molecule has 0 aliphatic heterocycles.